The predicted molar refractivity (Wildman–Crippen MR) is 51.8 cm³/mol. The second-order valence-corrected chi connectivity index (χ2v) is 3.21. The Kier molecular flexibility index (Phi) is 7.59. The van der Waals surface area contributed by atoms with Gasteiger partial charge in [-0.2, -0.15) is 0 Å². The Labute approximate surface area is 70.9 Å². The van der Waals surface area contributed by atoms with Crippen molar-refractivity contribution < 1.29 is 0 Å². The zero-order chi connectivity index (χ0) is 8.53. The van der Waals surface area contributed by atoms with Gasteiger partial charge in [0.25, 0.3) is 0 Å². The molecule has 0 amide bonds. The number of allylic oxidation sites excluding steroid dienone is 1. The van der Waals surface area contributed by atoms with Crippen LogP contribution in [0.25, 0.3) is 0 Å². The fraction of sp³-hybridized carbons (Fsp3) is 0.800. The molecular formula is C10H21N. The van der Waals surface area contributed by atoms with Crippen LogP contribution in [-0.2, 0) is 0 Å². The molecule has 0 fully saturated rings. The van der Waals surface area contributed by atoms with E-state index in [1.54, 1.807) is 0 Å². The van der Waals surface area contributed by atoms with E-state index in [2.05, 4.69) is 38.2 Å². The minimum absolute atomic E-state index is 0.696. The third-order valence-corrected chi connectivity index (χ3v) is 1.44. The zero-order valence-electron chi connectivity index (χ0n) is 8.06. The van der Waals surface area contributed by atoms with Crippen LogP contribution in [-0.4, -0.2) is 13.1 Å². The first-order valence-electron chi connectivity index (χ1n) is 4.64. The molecule has 0 bridgehead atoms. The van der Waals surface area contributed by atoms with E-state index in [-0.39, 0.29) is 0 Å². The fourth-order valence-electron chi connectivity index (χ4n) is 0.856. The van der Waals surface area contributed by atoms with Gasteiger partial charge in [0.1, 0.15) is 0 Å². The lowest BCUT2D eigenvalue weighted by atomic mass is 10.2. The summed E-state index contributed by atoms with van der Waals surface area (Å²) in [6, 6.07) is 0. The predicted octanol–water partition coefficient (Wildman–Crippen LogP) is 2.59. The van der Waals surface area contributed by atoms with Gasteiger partial charge in [0.2, 0.25) is 0 Å². The third-order valence-electron chi connectivity index (χ3n) is 1.44. The van der Waals surface area contributed by atoms with Crippen molar-refractivity contribution in [1.82, 2.24) is 5.32 Å². The molecule has 0 aromatic carbocycles. The number of nitrogens with one attached hydrogen (secondary N) is 1. The number of hydrogen-bond donors (Lipinski definition) is 1. The molecule has 1 N–H and O–H groups in total. The molecule has 0 aromatic rings. The molecule has 0 spiro atoms. The summed E-state index contributed by atoms with van der Waals surface area (Å²) in [6.07, 6.45) is 6.91. The molecule has 0 aliphatic carbocycles. The van der Waals surface area contributed by atoms with Gasteiger partial charge in [0, 0.05) is 0 Å². The van der Waals surface area contributed by atoms with Crippen molar-refractivity contribution in [1.29, 1.82) is 0 Å². The number of rotatable bonds is 6. The van der Waals surface area contributed by atoms with Crippen LogP contribution < -0.4 is 5.32 Å². The molecule has 0 aliphatic heterocycles. The summed E-state index contributed by atoms with van der Waals surface area (Å²) in [4.78, 5) is 0. The van der Waals surface area contributed by atoms with Gasteiger partial charge in [-0.15, -0.1) is 0 Å². The molecule has 0 unspecified atom stereocenters. The Hall–Kier alpha value is -0.300. The largest absolute Gasteiger partial charge is 0.316 e. The Bertz CT molecular complexity index is 95.0. The van der Waals surface area contributed by atoms with Gasteiger partial charge in [0.05, 0.1) is 0 Å². The molecule has 66 valence electrons. The van der Waals surface area contributed by atoms with Crippen LogP contribution in [0.1, 0.15) is 33.6 Å². The summed E-state index contributed by atoms with van der Waals surface area (Å²) in [7, 11) is 0. The molecular weight excluding hydrogens is 134 g/mol. The highest BCUT2D eigenvalue weighted by Crippen LogP contribution is 1.94. The van der Waals surface area contributed by atoms with E-state index in [0.29, 0.717) is 5.92 Å². The molecule has 0 aliphatic rings. The maximum Gasteiger partial charge on any atom is -0.00143 e. The van der Waals surface area contributed by atoms with Crippen LogP contribution in [0.5, 0.6) is 0 Å². The fourth-order valence-corrected chi connectivity index (χ4v) is 0.856. The van der Waals surface area contributed by atoms with E-state index in [1.807, 2.05) is 0 Å². The van der Waals surface area contributed by atoms with Gasteiger partial charge in [-0.25, -0.2) is 0 Å². The van der Waals surface area contributed by atoms with E-state index >= 15 is 0 Å². The second-order valence-electron chi connectivity index (χ2n) is 3.21. The van der Waals surface area contributed by atoms with Crippen molar-refractivity contribution in [2.45, 2.75) is 33.6 Å². The minimum Gasteiger partial charge on any atom is -0.316 e. The molecule has 0 rings (SSSR count). The number of hydrogen-bond acceptors (Lipinski definition) is 1. The summed E-state index contributed by atoms with van der Waals surface area (Å²) in [5, 5.41) is 3.36. The van der Waals surface area contributed by atoms with Crippen molar-refractivity contribution in [3.8, 4) is 0 Å². The lowest BCUT2D eigenvalue weighted by Gasteiger charge is -1.98. The van der Waals surface area contributed by atoms with Crippen LogP contribution in [0.4, 0.5) is 0 Å². The van der Waals surface area contributed by atoms with Crippen LogP contribution in [0, 0.1) is 5.92 Å². The Morgan fingerprint density at radius 1 is 1.27 bits per heavy atom. The molecule has 1 heteroatoms. The maximum atomic E-state index is 3.36. The first kappa shape index (κ1) is 10.7. The van der Waals surface area contributed by atoms with Crippen molar-refractivity contribution in [3.05, 3.63) is 12.2 Å². The monoisotopic (exact) mass is 155 g/mol. The standard InChI is InChI=1S/C10H21N/c1-4-8-11-9-6-5-7-10(2)3/h5,7,10-11H,4,6,8-9H2,1-3H3/b7-5+. The van der Waals surface area contributed by atoms with Gasteiger partial charge < -0.3 is 5.32 Å². The highest BCUT2D eigenvalue weighted by atomic mass is 14.8. The van der Waals surface area contributed by atoms with Gasteiger partial charge in [-0.05, 0) is 31.8 Å². The summed E-state index contributed by atoms with van der Waals surface area (Å²) in [5.74, 6) is 0.696. The summed E-state index contributed by atoms with van der Waals surface area (Å²) in [6.45, 7) is 8.87. The van der Waals surface area contributed by atoms with Gasteiger partial charge in [0.15, 0.2) is 0 Å². The van der Waals surface area contributed by atoms with Crippen molar-refractivity contribution in [2.24, 2.45) is 5.92 Å². The van der Waals surface area contributed by atoms with Crippen molar-refractivity contribution in [3.63, 3.8) is 0 Å². The maximum absolute atomic E-state index is 3.36. The summed E-state index contributed by atoms with van der Waals surface area (Å²) in [5.41, 5.74) is 0. The van der Waals surface area contributed by atoms with E-state index in [9.17, 15) is 0 Å². The third kappa shape index (κ3) is 9.70. The zero-order valence-corrected chi connectivity index (χ0v) is 8.06. The summed E-state index contributed by atoms with van der Waals surface area (Å²) >= 11 is 0. The van der Waals surface area contributed by atoms with Gasteiger partial charge in [-0.3, -0.25) is 0 Å². The quantitative estimate of drug-likeness (QED) is 0.459. The summed E-state index contributed by atoms with van der Waals surface area (Å²) < 4.78 is 0. The molecule has 0 saturated heterocycles. The molecule has 0 saturated carbocycles. The van der Waals surface area contributed by atoms with Crippen LogP contribution in [0.15, 0.2) is 12.2 Å². The topological polar surface area (TPSA) is 12.0 Å². The first-order chi connectivity index (χ1) is 5.27. The minimum atomic E-state index is 0.696. The average Bonchev–Trinajstić information content (AvgIpc) is 1.96. The molecule has 1 nitrogen and oxygen atoms in total. The average molecular weight is 155 g/mol. The molecule has 0 heterocycles. The SMILES string of the molecule is CCCNCC/C=C/C(C)C. The van der Waals surface area contributed by atoms with Crippen LogP contribution >= 0.6 is 0 Å². The van der Waals surface area contributed by atoms with Crippen molar-refractivity contribution in [2.75, 3.05) is 13.1 Å². The molecule has 0 aromatic heterocycles. The lowest BCUT2D eigenvalue weighted by molar-refractivity contribution is 0.676. The van der Waals surface area contributed by atoms with Crippen molar-refractivity contribution >= 4 is 0 Å². The van der Waals surface area contributed by atoms with Crippen LogP contribution in [0.2, 0.25) is 0 Å². The molecule has 11 heavy (non-hydrogen) atoms. The van der Waals surface area contributed by atoms with E-state index in [1.165, 1.54) is 6.42 Å². The van der Waals surface area contributed by atoms with E-state index < -0.39 is 0 Å². The smallest absolute Gasteiger partial charge is 0.00143 e. The van der Waals surface area contributed by atoms with Crippen LogP contribution in [0.3, 0.4) is 0 Å². The normalized spacial score (nSPS) is 11.6. The highest BCUT2D eigenvalue weighted by molar-refractivity contribution is 4.84. The van der Waals surface area contributed by atoms with Gasteiger partial charge in [-0.1, -0.05) is 32.9 Å². The molecule has 0 atom stereocenters. The van der Waals surface area contributed by atoms with E-state index in [4.69, 9.17) is 0 Å². The lowest BCUT2D eigenvalue weighted by Crippen LogP contribution is -2.15. The Balaban J connectivity index is 3.01. The highest BCUT2D eigenvalue weighted by Gasteiger charge is 1.84. The van der Waals surface area contributed by atoms with Gasteiger partial charge >= 0.3 is 0 Å². The first-order valence-corrected chi connectivity index (χ1v) is 4.64. The molecule has 0 radical (unpaired) electrons. The second kappa shape index (κ2) is 7.80. The Morgan fingerprint density at radius 2 is 2.00 bits per heavy atom. The van der Waals surface area contributed by atoms with E-state index in [0.717, 1.165) is 19.5 Å². The Morgan fingerprint density at radius 3 is 2.55 bits per heavy atom.